The molecular formula is C12H16BrNO2. The van der Waals surface area contributed by atoms with Crippen LogP contribution in [0.15, 0.2) is 28.7 Å². The third-order valence-electron chi connectivity index (χ3n) is 2.63. The number of esters is 1. The monoisotopic (exact) mass is 285 g/mol. The fourth-order valence-corrected chi connectivity index (χ4v) is 1.90. The number of halogens is 1. The molecule has 2 unspecified atom stereocenters. The molecule has 1 aromatic carbocycles. The minimum absolute atomic E-state index is 0.252. The van der Waals surface area contributed by atoms with Gasteiger partial charge in [-0.1, -0.05) is 35.0 Å². The Morgan fingerprint density at radius 2 is 2.00 bits per heavy atom. The Balaban J connectivity index is 2.86. The predicted molar refractivity (Wildman–Crippen MR) is 66.9 cm³/mol. The van der Waals surface area contributed by atoms with Gasteiger partial charge in [-0.25, -0.2) is 0 Å². The predicted octanol–water partition coefficient (Wildman–Crippen LogP) is 2.65. The second-order valence-corrected chi connectivity index (χ2v) is 4.53. The van der Waals surface area contributed by atoms with Gasteiger partial charge < -0.3 is 10.5 Å². The second kappa shape index (κ2) is 6.01. The number of carbonyl (C=O) groups is 1. The van der Waals surface area contributed by atoms with E-state index in [9.17, 15) is 4.79 Å². The van der Waals surface area contributed by atoms with Crippen molar-refractivity contribution in [2.24, 2.45) is 11.7 Å². The third-order valence-corrected chi connectivity index (χ3v) is 3.16. The standard InChI is InChI=1S/C12H16BrNO2/c1-3-10(12(15)16-2)11(14)8-4-6-9(13)7-5-8/h4-7,10-11H,3,14H2,1-2H3. The first kappa shape index (κ1) is 13.2. The zero-order chi connectivity index (χ0) is 12.1. The maximum atomic E-state index is 11.5. The lowest BCUT2D eigenvalue weighted by molar-refractivity contribution is -0.146. The lowest BCUT2D eigenvalue weighted by Gasteiger charge is -2.20. The molecule has 0 spiro atoms. The molecule has 2 N–H and O–H groups in total. The number of hydrogen-bond donors (Lipinski definition) is 1. The highest BCUT2D eigenvalue weighted by atomic mass is 79.9. The van der Waals surface area contributed by atoms with Gasteiger partial charge in [0, 0.05) is 10.5 Å². The highest BCUT2D eigenvalue weighted by Crippen LogP contribution is 2.24. The van der Waals surface area contributed by atoms with Crippen LogP contribution in [0.5, 0.6) is 0 Å². The van der Waals surface area contributed by atoms with E-state index in [0.717, 1.165) is 10.0 Å². The molecule has 1 rings (SSSR count). The van der Waals surface area contributed by atoms with Crippen LogP contribution in [0.25, 0.3) is 0 Å². The van der Waals surface area contributed by atoms with E-state index < -0.39 is 0 Å². The molecule has 1 aromatic rings. The topological polar surface area (TPSA) is 52.3 Å². The molecule has 0 bridgehead atoms. The van der Waals surface area contributed by atoms with Crippen LogP contribution in [0.2, 0.25) is 0 Å². The van der Waals surface area contributed by atoms with Gasteiger partial charge in [-0.05, 0) is 24.1 Å². The molecule has 0 heterocycles. The van der Waals surface area contributed by atoms with Gasteiger partial charge in [0.15, 0.2) is 0 Å². The average molecular weight is 286 g/mol. The summed E-state index contributed by atoms with van der Waals surface area (Å²) in [6, 6.07) is 7.35. The van der Waals surface area contributed by atoms with Gasteiger partial charge in [0.1, 0.15) is 0 Å². The van der Waals surface area contributed by atoms with Crippen LogP contribution in [-0.2, 0) is 9.53 Å². The van der Waals surface area contributed by atoms with Crippen molar-refractivity contribution in [1.82, 2.24) is 0 Å². The Bertz CT molecular complexity index is 351. The van der Waals surface area contributed by atoms with Crippen LogP contribution in [0, 0.1) is 5.92 Å². The molecule has 0 radical (unpaired) electrons. The Hall–Kier alpha value is -0.870. The summed E-state index contributed by atoms with van der Waals surface area (Å²) < 4.78 is 5.74. The summed E-state index contributed by atoms with van der Waals surface area (Å²) in [5, 5.41) is 0. The Labute approximate surface area is 104 Å². The number of rotatable bonds is 4. The second-order valence-electron chi connectivity index (χ2n) is 3.62. The summed E-state index contributed by atoms with van der Waals surface area (Å²) in [6.07, 6.45) is 0.671. The number of carbonyl (C=O) groups excluding carboxylic acids is 1. The van der Waals surface area contributed by atoms with Crippen molar-refractivity contribution in [1.29, 1.82) is 0 Å². The summed E-state index contributed by atoms with van der Waals surface area (Å²) in [5.74, 6) is -0.538. The molecule has 0 aromatic heterocycles. The quantitative estimate of drug-likeness (QED) is 0.866. The highest BCUT2D eigenvalue weighted by molar-refractivity contribution is 9.10. The van der Waals surface area contributed by atoms with Crippen LogP contribution in [0.1, 0.15) is 24.9 Å². The SMILES string of the molecule is CCC(C(=O)OC)C(N)c1ccc(Br)cc1. The lowest BCUT2D eigenvalue weighted by Crippen LogP contribution is -2.28. The van der Waals surface area contributed by atoms with Crippen LogP contribution < -0.4 is 5.73 Å². The zero-order valence-electron chi connectivity index (χ0n) is 9.44. The minimum atomic E-state index is -0.314. The van der Waals surface area contributed by atoms with Gasteiger partial charge >= 0.3 is 5.97 Å². The summed E-state index contributed by atoms with van der Waals surface area (Å²) in [5.41, 5.74) is 7.01. The molecule has 0 saturated heterocycles. The smallest absolute Gasteiger partial charge is 0.310 e. The molecule has 2 atom stereocenters. The van der Waals surface area contributed by atoms with Crippen LogP contribution in [0.4, 0.5) is 0 Å². The van der Waals surface area contributed by atoms with E-state index >= 15 is 0 Å². The van der Waals surface area contributed by atoms with Crippen molar-refractivity contribution >= 4 is 21.9 Å². The summed E-state index contributed by atoms with van der Waals surface area (Å²) in [7, 11) is 1.39. The van der Waals surface area contributed by atoms with E-state index in [1.807, 2.05) is 31.2 Å². The van der Waals surface area contributed by atoms with E-state index in [4.69, 9.17) is 10.5 Å². The van der Waals surface area contributed by atoms with E-state index in [0.29, 0.717) is 6.42 Å². The van der Waals surface area contributed by atoms with E-state index in [1.54, 1.807) is 0 Å². The number of ether oxygens (including phenoxy) is 1. The van der Waals surface area contributed by atoms with Crippen LogP contribution in [0.3, 0.4) is 0 Å². The summed E-state index contributed by atoms with van der Waals surface area (Å²) in [4.78, 5) is 11.5. The molecule has 88 valence electrons. The lowest BCUT2D eigenvalue weighted by atomic mass is 9.92. The van der Waals surface area contributed by atoms with Gasteiger partial charge in [-0.3, -0.25) is 4.79 Å². The fraction of sp³-hybridized carbons (Fsp3) is 0.417. The Morgan fingerprint density at radius 3 is 2.44 bits per heavy atom. The van der Waals surface area contributed by atoms with Gasteiger partial charge in [-0.2, -0.15) is 0 Å². The first-order valence-electron chi connectivity index (χ1n) is 5.19. The number of benzene rings is 1. The third kappa shape index (κ3) is 3.06. The molecule has 0 aliphatic heterocycles. The van der Waals surface area contributed by atoms with E-state index in [-0.39, 0.29) is 17.9 Å². The maximum absolute atomic E-state index is 11.5. The first-order chi connectivity index (χ1) is 7.60. The van der Waals surface area contributed by atoms with Crippen molar-refractivity contribution in [3.63, 3.8) is 0 Å². The van der Waals surface area contributed by atoms with Gasteiger partial charge in [0.2, 0.25) is 0 Å². The van der Waals surface area contributed by atoms with E-state index in [1.165, 1.54) is 7.11 Å². The number of methoxy groups -OCH3 is 1. The van der Waals surface area contributed by atoms with Crippen LogP contribution >= 0.6 is 15.9 Å². The first-order valence-corrected chi connectivity index (χ1v) is 5.98. The van der Waals surface area contributed by atoms with Gasteiger partial charge in [0.05, 0.1) is 13.0 Å². The zero-order valence-corrected chi connectivity index (χ0v) is 11.0. The van der Waals surface area contributed by atoms with Crippen molar-refractivity contribution in [3.8, 4) is 0 Å². The normalized spacial score (nSPS) is 14.2. The molecule has 0 amide bonds. The van der Waals surface area contributed by atoms with Gasteiger partial charge in [-0.15, -0.1) is 0 Å². The Morgan fingerprint density at radius 1 is 1.44 bits per heavy atom. The molecule has 3 nitrogen and oxygen atoms in total. The average Bonchev–Trinajstić information content (AvgIpc) is 2.30. The number of nitrogens with two attached hydrogens (primary N) is 1. The molecule has 16 heavy (non-hydrogen) atoms. The largest absolute Gasteiger partial charge is 0.469 e. The molecular weight excluding hydrogens is 270 g/mol. The summed E-state index contributed by atoms with van der Waals surface area (Å²) in [6.45, 7) is 1.93. The molecule has 0 fully saturated rings. The van der Waals surface area contributed by atoms with Crippen molar-refractivity contribution in [3.05, 3.63) is 34.3 Å². The van der Waals surface area contributed by atoms with Crippen molar-refractivity contribution < 1.29 is 9.53 Å². The fourth-order valence-electron chi connectivity index (χ4n) is 1.64. The van der Waals surface area contributed by atoms with E-state index in [2.05, 4.69) is 15.9 Å². The number of hydrogen-bond acceptors (Lipinski definition) is 3. The highest BCUT2D eigenvalue weighted by Gasteiger charge is 2.25. The Kier molecular flexibility index (Phi) is 4.96. The summed E-state index contributed by atoms with van der Waals surface area (Å²) >= 11 is 3.36. The molecule has 4 heteroatoms. The van der Waals surface area contributed by atoms with Gasteiger partial charge in [0.25, 0.3) is 0 Å². The molecule has 0 aliphatic rings. The molecule has 0 aliphatic carbocycles. The van der Waals surface area contributed by atoms with Crippen molar-refractivity contribution in [2.45, 2.75) is 19.4 Å². The molecule has 0 saturated carbocycles. The van der Waals surface area contributed by atoms with Crippen LogP contribution in [-0.4, -0.2) is 13.1 Å². The minimum Gasteiger partial charge on any atom is -0.469 e. The van der Waals surface area contributed by atoms with Crippen molar-refractivity contribution in [2.75, 3.05) is 7.11 Å². The maximum Gasteiger partial charge on any atom is 0.310 e.